The smallest absolute Gasteiger partial charge is 0.263 e. The fourth-order valence-electron chi connectivity index (χ4n) is 3.78. The van der Waals surface area contributed by atoms with Crippen molar-refractivity contribution in [3.8, 4) is 5.75 Å². The van der Waals surface area contributed by atoms with Gasteiger partial charge in [0.2, 0.25) is 5.91 Å². The molecular weight excluding hydrogens is 452 g/mol. The average molecular weight is 487 g/mol. The Morgan fingerprint density at radius 2 is 1.76 bits per heavy atom. The van der Waals surface area contributed by atoms with Gasteiger partial charge in [0.15, 0.2) is 0 Å². The van der Waals surface area contributed by atoms with Crippen LogP contribution in [-0.4, -0.2) is 57.3 Å². The lowest BCUT2D eigenvalue weighted by Gasteiger charge is -2.20. The summed E-state index contributed by atoms with van der Waals surface area (Å²) in [6, 6.07) is 13.5. The van der Waals surface area contributed by atoms with Crippen LogP contribution in [0, 0.1) is 5.92 Å². The predicted molar refractivity (Wildman–Crippen MR) is 133 cm³/mol. The molecule has 0 fully saturated rings. The molecule has 1 aliphatic rings. The summed E-state index contributed by atoms with van der Waals surface area (Å²) in [7, 11) is -3.66. The number of nitrogens with one attached hydrogen (secondary N) is 2. The van der Waals surface area contributed by atoms with Crippen molar-refractivity contribution in [2.45, 2.75) is 45.2 Å². The summed E-state index contributed by atoms with van der Waals surface area (Å²) < 4.78 is 33.2. The van der Waals surface area contributed by atoms with Gasteiger partial charge in [0.1, 0.15) is 24.2 Å². The van der Waals surface area contributed by atoms with Crippen molar-refractivity contribution in [1.82, 2.24) is 14.9 Å². The number of hydrogen-bond donors (Lipinski definition) is 2. The third-order valence-electron chi connectivity index (χ3n) is 5.82. The number of aliphatic imine (C=N–C) groups is 1. The summed E-state index contributed by atoms with van der Waals surface area (Å²) >= 11 is 0. The van der Waals surface area contributed by atoms with Crippen LogP contribution in [0.4, 0.5) is 0 Å². The zero-order valence-electron chi connectivity index (χ0n) is 20.2. The van der Waals surface area contributed by atoms with Gasteiger partial charge in [-0.25, -0.2) is 8.42 Å². The number of hydrogen-bond acceptors (Lipinski definition) is 6. The Bertz CT molecular complexity index is 1130. The first-order chi connectivity index (χ1) is 16.3. The highest BCUT2D eigenvalue weighted by Gasteiger charge is 2.32. The minimum atomic E-state index is -3.66. The van der Waals surface area contributed by atoms with Crippen LogP contribution in [0.15, 0.2) is 58.4 Å². The van der Waals surface area contributed by atoms with E-state index in [9.17, 15) is 13.2 Å². The van der Waals surface area contributed by atoms with E-state index < -0.39 is 16.1 Å². The fraction of sp³-hybridized carbons (Fsp3) is 0.440. The molecule has 0 radical (unpaired) electrons. The third-order valence-corrected chi connectivity index (χ3v) is 7.21. The highest BCUT2D eigenvalue weighted by atomic mass is 32.2. The number of likely N-dealkylation sites (N-methyl/N-ethyl adjacent to an activating group) is 1. The number of amidine groups is 1. The van der Waals surface area contributed by atoms with E-state index in [0.29, 0.717) is 12.2 Å². The van der Waals surface area contributed by atoms with Gasteiger partial charge in [-0.2, -0.15) is 0 Å². The molecule has 0 saturated carbocycles. The van der Waals surface area contributed by atoms with Gasteiger partial charge in [-0.1, -0.05) is 58.0 Å². The standard InChI is InChI=1S/C25H34N4O4S/c1-5-29(6-2)15-16-33-21-13-9-7-11-19(21)17-26-25(30)23(18(3)4)27-24-20-12-8-10-14-22(20)34(31,32)28-24/h7-14,18,23H,5-6,15-17H2,1-4H3,(H,26,30)(H,27,28). The van der Waals surface area contributed by atoms with E-state index in [1.165, 1.54) is 6.07 Å². The molecule has 8 nitrogen and oxygen atoms in total. The number of carbonyl (C=O) groups is 1. The number of rotatable bonds is 11. The lowest BCUT2D eigenvalue weighted by atomic mass is 10.0. The van der Waals surface area contributed by atoms with E-state index in [0.717, 1.165) is 30.9 Å². The van der Waals surface area contributed by atoms with Crippen molar-refractivity contribution in [3.63, 3.8) is 0 Å². The minimum absolute atomic E-state index is 0.134. The molecule has 34 heavy (non-hydrogen) atoms. The van der Waals surface area contributed by atoms with Crippen LogP contribution < -0.4 is 14.8 Å². The van der Waals surface area contributed by atoms with Crippen molar-refractivity contribution in [2.24, 2.45) is 10.9 Å². The summed E-state index contributed by atoms with van der Waals surface area (Å²) in [6.07, 6.45) is 0. The summed E-state index contributed by atoms with van der Waals surface area (Å²) in [5.74, 6) is 0.527. The Hall–Kier alpha value is -2.91. The van der Waals surface area contributed by atoms with Crippen molar-refractivity contribution < 1.29 is 17.9 Å². The van der Waals surface area contributed by atoms with Gasteiger partial charge in [-0.15, -0.1) is 0 Å². The molecule has 9 heteroatoms. The fourth-order valence-corrected chi connectivity index (χ4v) is 5.02. The zero-order chi connectivity index (χ0) is 24.7. The number of nitrogens with zero attached hydrogens (tertiary/aromatic N) is 2. The summed E-state index contributed by atoms with van der Waals surface area (Å²) in [6.45, 7) is 11.6. The molecule has 2 aromatic rings. The maximum Gasteiger partial charge on any atom is 0.263 e. The molecule has 1 atom stereocenters. The van der Waals surface area contributed by atoms with E-state index >= 15 is 0 Å². The first kappa shape index (κ1) is 25.7. The van der Waals surface area contributed by atoms with Gasteiger partial charge < -0.3 is 15.0 Å². The second-order valence-corrected chi connectivity index (χ2v) is 10.1. The van der Waals surface area contributed by atoms with Crippen LogP contribution in [0.25, 0.3) is 0 Å². The van der Waals surface area contributed by atoms with Crippen LogP contribution in [0.1, 0.15) is 38.8 Å². The molecule has 1 aliphatic heterocycles. The number of ether oxygens (including phenoxy) is 1. The quantitative estimate of drug-likeness (QED) is 0.509. The maximum atomic E-state index is 13.1. The van der Waals surface area contributed by atoms with Crippen LogP contribution in [0.2, 0.25) is 0 Å². The van der Waals surface area contributed by atoms with Crippen molar-refractivity contribution >= 4 is 21.8 Å². The summed E-state index contributed by atoms with van der Waals surface area (Å²) in [5, 5.41) is 2.95. The molecule has 1 heterocycles. The molecule has 184 valence electrons. The molecule has 3 rings (SSSR count). The summed E-state index contributed by atoms with van der Waals surface area (Å²) in [4.78, 5) is 20.0. The largest absolute Gasteiger partial charge is 0.492 e. The van der Waals surface area contributed by atoms with Crippen LogP contribution in [0.5, 0.6) is 5.75 Å². The second kappa shape index (κ2) is 11.5. The van der Waals surface area contributed by atoms with Gasteiger partial charge in [0, 0.05) is 24.2 Å². The SMILES string of the molecule is CCN(CC)CCOc1ccccc1CNC(=O)C(N=C1NS(=O)(=O)c2ccccc21)C(C)C. The molecule has 1 unspecified atom stereocenters. The Balaban J connectivity index is 1.70. The first-order valence-corrected chi connectivity index (χ1v) is 13.2. The topological polar surface area (TPSA) is 100 Å². The third kappa shape index (κ3) is 6.15. The summed E-state index contributed by atoms with van der Waals surface area (Å²) in [5.41, 5.74) is 1.35. The van der Waals surface area contributed by atoms with Crippen molar-refractivity contribution in [2.75, 3.05) is 26.2 Å². The number of sulfonamides is 1. The lowest BCUT2D eigenvalue weighted by Crippen LogP contribution is -2.38. The normalized spacial score (nSPS) is 16.4. The molecule has 0 spiro atoms. The Labute approximate surface area is 202 Å². The molecule has 2 N–H and O–H groups in total. The van der Waals surface area contributed by atoms with Crippen molar-refractivity contribution in [3.05, 3.63) is 59.7 Å². The first-order valence-electron chi connectivity index (χ1n) is 11.7. The number of carbonyl (C=O) groups excluding carboxylic acids is 1. The van der Waals surface area contributed by atoms with E-state index in [4.69, 9.17) is 4.74 Å². The van der Waals surface area contributed by atoms with Crippen LogP contribution >= 0.6 is 0 Å². The van der Waals surface area contributed by atoms with Gasteiger partial charge in [0.25, 0.3) is 10.0 Å². The molecule has 2 aromatic carbocycles. The van der Waals surface area contributed by atoms with Crippen LogP contribution in [-0.2, 0) is 21.4 Å². The Morgan fingerprint density at radius 1 is 1.09 bits per heavy atom. The number of amides is 1. The number of benzene rings is 2. The Kier molecular flexibility index (Phi) is 8.68. The Morgan fingerprint density at radius 3 is 2.47 bits per heavy atom. The van der Waals surface area contributed by atoms with Gasteiger partial charge >= 0.3 is 0 Å². The highest BCUT2D eigenvalue weighted by molar-refractivity contribution is 7.90. The zero-order valence-corrected chi connectivity index (χ0v) is 21.1. The van der Waals surface area contributed by atoms with E-state index in [2.05, 4.69) is 33.8 Å². The monoisotopic (exact) mass is 486 g/mol. The van der Waals surface area contributed by atoms with E-state index in [1.807, 2.05) is 38.1 Å². The van der Waals surface area contributed by atoms with Crippen LogP contribution in [0.3, 0.4) is 0 Å². The number of para-hydroxylation sites is 1. The van der Waals surface area contributed by atoms with E-state index in [1.54, 1.807) is 18.2 Å². The predicted octanol–water partition coefficient (Wildman–Crippen LogP) is 2.79. The maximum absolute atomic E-state index is 13.1. The van der Waals surface area contributed by atoms with Gasteiger partial charge in [0.05, 0.1) is 4.90 Å². The minimum Gasteiger partial charge on any atom is -0.492 e. The number of fused-ring (bicyclic) bond motifs is 1. The molecule has 0 aromatic heterocycles. The van der Waals surface area contributed by atoms with Crippen molar-refractivity contribution in [1.29, 1.82) is 0 Å². The van der Waals surface area contributed by atoms with Gasteiger partial charge in [-0.05, 0) is 37.2 Å². The van der Waals surface area contributed by atoms with Gasteiger partial charge in [-0.3, -0.25) is 14.5 Å². The van der Waals surface area contributed by atoms with E-state index in [-0.39, 0.29) is 29.1 Å². The second-order valence-electron chi connectivity index (χ2n) is 8.47. The molecule has 0 saturated heterocycles. The molecule has 0 aliphatic carbocycles. The molecule has 1 amide bonds. The highest BCUT2D eigenvalue weighted by Crippen LogP contribution is 2.24. The molecular formula is C25H34N4O4S. The lowest BCUT2D eigenvalue weighted by molar-refractivity contribution is -0.123. The molecule has 0 bridgehead atoms. The average Bonchev–Trinajstić information content (AvgIpc) is 3.09.